The van der Waals surface area contributed by atoms with Crippen molar-refractivity contribution in [2.75, 3.05) is 20.7 Å². The molecule has 0 bridgehead atoms. The number of hydrogen-bond acceptors (Lipinski definition) is 5. The van der Waals surface area contributed by atoms with Gasteiger partial charge in [0.25, 0.3) is 5.69 Å². The number of halogens is 1. The van der Waals surface area contributed by atoms with Gasteiger partial charge in [-0.25, -0.2) is 4.79 Å². The maximum Gasteiger partial charge on any atom is 0.409 e. The van der Waals surface area contributed by atoms with Crippen molar-refractivity contribution in [3.05, 3.63) is 33.5 Å². The number of nitrogens with zero attached hydrogens (tertiary/aromatic N) is 4. The zero-order valence-corrected chi connectivity index (χ0v) is 12.2. The molecule has 1 amide bonds. The van der Waals surface area contributed by atoms with E-state index in [1.807, 2.05) is 0 Å². The van der Waals surface area contributed by atoms with Crippen molar-refractivity contribution in [1.82, 2.24) is 14.7 Å². The Morgan fingerprint density at radius 3 is 2.86 bits per heavy atom. The average molecular weight is 313 g/mol. The maximum atomic E-state index is 11.3. The molecule has 0 radical (unpaired) electrons. The quantitative estimate of drug-likeness (QED) is 0.638. The molecule has 2 aromatic rings. The Morgan fingerprint density at radius 2 is 2.24 bits per heavy atom. The van der Waals surface area contributed by atoms with Gasteiger partial charge in [-0.3, -0.25) is 14.8 Å². The molecular formula is C12H13ClN4O4. The van der Waals surface area contributed by atoms with E-state index in [1.165, 1.54) is 23.2 Å². The number of hydrogen-bond donors (Lipinski definition) is 0. The SMILES string of the molecule is CN(C)C(=O)OCCn1ncc2cc([N+](=O)[O-])cc(Cl)c21. The summed E-state index contributed by atoms with van der Waals surface area (Å²) in [6.07, 6.45) is 1.04. The highest BCUT2D eigenvalue weighted by Crippen LogP contribution is 2.28. The number of amides is 1. The van der Waals surface area contributed by atoms with Crippen LogP contribution in [0.3, 0.4) is 0 Å². The van der Waals surface area contributed by atoms with Crippen molar-refractivity contribution < 1.29 is 14.5 Å². The molecule has 1 heterocycles. The Labute approximate surface area is 125 Å². The summed E-state index contributed by atoms with van der Waals surface area (Å²) in [6.45, 7) is 0.432. The number of aromatic nitrogens is 2. The van der Waals surface area contributed by atoms with Crippen LogP contribution in [0.4, 0.5) is 10.5 Å². The van der Waals surface area contributed by atoms with Crippen LogP contribution in [-0.4, -0.2) is 46.4 Å². The van der Waals surface area contributed by atoms with Gasteiger partial charge in [0, 0.05) is 31.6 Å². The van der Waals surface area contributed by atoms with Crippen molar-refractivity contribution in [2.24, 2.45) is 0 Å². The molecule has 0 fully saturated rings. The summed E-state index contributed by atoms with van der Waals surface area (Å²) in [6, 6.07) is 2.67. The predicted octanol–water partition coefficient (Wildman–Crippen LogP) is 2.30. The Bertz CT molecular complexity index is 698. The third-order valence-electron chi connectivity index (χ3n) is 2.78. The lowest BCUT2D eigenvalue weighted by molar-refractivity contribution is -0.384. The molecule has 1 aromatic heterocycles. The van der Waals surface area contributed by atoms with E-state index >= 15 is 0 Å². The zero-order valence-electron chi connectivity index (χ0n) is 11.4. The molecule has 0 saturated carbocycles. The number of nitro groups is 1. The number of benzene rings is 1. The van der Waals surface area contributed by atoms with E-state index in [1.54, 1.807) is 18.8 Å². The molecule has 0 atom stereocenters. The second-order valence-electron chi connectivity index (χ2n) is 4.50. The number of non-ortho nitro benzene ring substituents is 1. The summed E-state index contributed by atoms with van der Waals surface area (Å²) in [5.41, 5.74) is 0.481. The van der Waals surface area contributed by atoms with Crippen LogP contribution < -0.4 is 0 Å². The predicted molar refractivity (Wildman–Crippen MR) is 76.4 cm³/mol. The highest BCUT2D eigenvalue weighted by Gasteiger charge is 2.15. The molecule has 9 heteroatoms. The van der Waals surface area contributed by atoms with Crippen LogP contribution in [0.25, 0.3) is 10.9 Å². The fourth-order valence-electron chi connectivity index (χ4n) is 1.79. The van der Waals surface area contributed by atoms with Crippen LogP contribution in [0.5, 0.6) is 0 Å². The van der Waals surface area contributed by atoms with Crippen LogP contribution >= 0.6 is 11.6 Å². The maximum absolute atomic E-state index is 11.3. The molecule has 1 aromatic carbocycles. The lowest BCUT2D eigenvalue weighted by Gasteiger charge is -2.11. The second-order valence-corrected chi connectivity index (χ2v) is 4.91. The molecule has 0 aliphatic heterocycles. The fourth-order valence-corrected chi connectivity index (χ4v) is 2.11. The summed E-state index contributed by atoms with van der Waals surface area (Å²) in [4.78, 5) is 22.9. The summed E-state index contributed by atoms with van der Waals surface area (Å²) in [5, 5.41) is 15.7. The first-order valence-corrected chi connectivity index (χ1v) is 6.41. The summed E-state index contributed by atoms with van der Waals surface area (Å²) in [5.74, 6) is 0. The zero-order chi connectivity index (χ0) is 15.6. The summed E-state index contributed by atoms with van der Waals surface area (Å²) < 4.78 is 6.55. The van der Waals surface area contributed by atoms with E-state index in [0.29, 0.717) is 17.4 Å². The van der Waals surface area contributed by atoms with Gasteiger partial charge in [0.15, 0.2) is 0 Å². The summed E-state index contributed by atoms with van der Waals surface area (Å²) in [7, 11) is 3.17. The number of carbonyl (C=O) groups is 1. The van der Waals surface area contributed by atoms with Crippen LogP contribution in [0, 0.1) is 10.1 Å². The van der Waals surface area contributed by atoms with Gasteiger partial charge in [0.1, 0.15) is 6.61 Å². The molecule has 0 aliphatic rings. The molecule has 0 aliphatic carbocycles. The molecule has 112 valence electrons. The standard InChI is InChI=1S/C12H13ClN4O4/c1-15(2)12(18)21-4-3-16-11-8(7-14-16)5-9(17(19)20)6-10(11)13/h5-7H,3-4H2,1-2H3. The summed E-state index contributed by atoms with van der Waals surface area (Å²) >= 11 is 6.06. The van der Waals surface area contributed by atoms with Gasteiger partial charge in [-0.2, -0.15) is 5.10 Å². The van der Waals surface area contributed by atoms with E-state index in [0.717, 1.165) is 0 Å². The Kier molecular flexibility index (Phi) is 4.27. The Hall–Kier alpha value is -2.35. The number of ether oxygens (including phenoxy) is 1. The third-order valence-corrected chi connectivity index (χ3v) is 3.06. The van der Waals surface area contributed by atoms with Gasteiger partial charge >= 0.3 is 6.09 Å². The smallest absolute Gasteiger partial charge is 0.409 e. The monoisotopic (exact) mass is 312 g/mol. The van der Waals surface area contributed by atoms with Gasteiger partial charge < -0.3 is 9.64 Å². The number of carbonyl (C=O) groups excluding carboxylic acids is 1. The molecule has 0 spiro atoms. The lowest BCUT2D eigenvalue weighted by atomic mass is 10.2. The first-order chi connectivity index (χ1) is 9.90. The Balaban J connectivity index is 2.18. The van der Waals surface area contributed by atoms with Crippen molar-refractivity contribution in [3.63, 3.8) is 0 Å². The first-order valence-electron chi connectivity index (χ1n) is 6.03. The van der Waals surface area contributed by atoms with E-state index in [-0.39, 0.29) is 17.3 Å². The van der Waals surface area contributed by atoms with Crippen molar-refractivity contribution in [2.45, 2.75) is 6.54 Å². The minimum atomic E-state index is -0.512. The van der Waals surface area contributed by atoms with Gasteiger partial charge in [-0.05, 0) is 0 Å². The number of rotatable bonds is 4. The van der Waals surface area contributed by atoms with Gasteiger partial charge in [-0.15, -0.1) is 0 Å². The Morgan fingerprint density at radius 1 is 1.52 bits per heavy atom. The highest BCUT2D eigenvalue weighted by atomic mass is 35.5. The number of fused-ring (bicyclic) bond motifs is 1. The molecule has 0 saturated heterocycles. The first kappa shape index (κ1) is 15.0. The largest absolute Gasteiger partial charge is 0.447 e. The van der Waals surface area contributed by atoms with Gasteiger partial charge in [0.05, 0.1) is 28.2 Å². The van der Waals surface area contributed by atoms with E-state index in [9.17, 15) is 14.9 Å². The fraction of sp³-hybridized carbons (Fsp3) is 0.333. The topological polar surface area (TPSA) is 90.5 Å². The van der Waals surface area contributed by atoms with E-state index in [4.69, 9.17) is 16.3 Å². The average Bonchev–Trinajstić information content (AvgIpc) is 2.82. The van der Waals surface area contributed by atoms with Gasteiger partial charge in [-0.1, -0.05) is 11.6 Å². The van der Waals surface area contributed by atoms with Crippen molar-refractivity contribution in [1.29, 1.82) is 0 Å². The molecule has 0 N–H and O–H groups in total. The molecule has 21 heavy (non-hydrogen) atoms. The second kappa shape index (κ2) is 5.96. The van der Waals surface area contributed by atoms with Crippen LogP contribution in [0.15, 0.2) is 18.3 Å². The highest BCUT2D eigenvalue weighted by molar-refractivity contribution is 6.35. The van der Waals surface area contributed by atoms with E-state index in [2.05, 4.69) is 5.10 Å². The van der Waals surface area contributed by atoms with E-state index < -0.39 is 11.0 Å². The normalized spacial score (nSPS) is 10.6. The number of nitro benzene ring substituents is 1. The minimum absolute atomic E-state index is 0.0916. The third kappa shape index (κ3) is 3.22. The lowest BCUT2D eigenvalue weighted by Crippen LogP contribution is -2.24. The van der Waals surface area contributed by atoms with Crippen LogP contribution in [0.2, 0.25) is 5.02 Å². The van der Waals surface area contributed by atoms with Crippen LogP contribution in [-0.2, 0) is 11.3 Å². The van der Waals surface area contributed by atoms with Crippen LogP contribution in [0.1, 0.15) is 0 Å². The van der Waals surface area contributed by atoms with Gasteiger partial charge in [0.2, 0.25) is 0 Å². The van der Waals surface area contributed by atoms with Crippen molar-refractivity contribution >= 4 is 34.3 Å². The molecule has 8 nitrogen and oxygen atoms in total. The minimum Gasteiger partial charge on any atom is -0.447 e. The molecular weight excluding hydrogens is 300 g/mol. The van der Waals surface area contributed by atoms with Crippen molar-refractivity contribution in [3.8, 4) is 0 Å². The molecule has 0 unspecified atom stereocenters. The molecule has 2 rings (SSSR count).